The van der Waals surface area contributed by atoms with Gasteiger partial charge in [0.1, 0.15) is 0 Å². The minimum absolute atomic E-state index is 0.0163. The number of rotatable bonds is 6. The molecule has 5 nitrogen and oxygen atoms in total. The van der Waals surface area contributed by atoms with E-state index in [2.05, 4.69) is 46.3 Å². The second kappa shape index (κ2) is 7.45. The predicted molar refractivity (Wildman–Crippen MR) is 96.4 cm³/mol. The lowest BCUT2D eigenvalue weighted by atomic mass is 10.0. The molecule has 1 aromatic heterocycles. The van der Waals surface area contributed by atoms with Gasteiger partial charge < -0.3 is 9.47 Å². The lowest BCUT2D eigenvalue weighted by Crippen LogP contribution is -2.37. The molecule has 1 aliphatic heterocycles. The minimum atomic E-state index is -1.09. The zero-order chi connectivity index (χ0) is 17.2. The van der Waals surface area contributed by atoms with Crippen molar-refractivity contribution < 1.29 is 4.21 Å². The third kappa shape index (κ3) is 5.13. The van der Waals surface area contributed by atoms with Gasteiger partial charge in [-0.05, 0) is 52.6 Å². The molecular weight excluding hydrogens is 308 g/mol. The fraction of sp³-hybridized carbons (Fsp3) is 0.824. The van der Waals surface area contributed by atoms with Crippen molar-refractivity contribution in [3.8, 4) is 0 Å². The molecule has 132 valence electrons. The van der Waals surface area contributed by atoms with Gasteiger partial charge in [0.05, 0.1) is 33.8 Å². The fourth-order valence-electron chi connectivity index (χ4n) is 2.94. The van der Waals surface area contributed by atoms with Crippen molar-refractivity contribution >= 4 is 11.0 Å². The summed E-state index contributed by atoms with van der Waals surface area (Å²) in [6.07, 6.45) is 5.30. The lowest BCUT2D eigenvalue weighted by molar-refractivity contribution is 0.378. The van der Waals surface area contributed by atoms with Gasteiger partial charge in [-0.15, -0.1) is 0 Å². The topological polar surface area (TPSA) is 50.2 Å². The molecule has 0 saturated carbocycles. The molecular formula is C17H32N4OS. The van der Waals surface area contributed by atoms with Crippen LogP contribution < -0.4 is 4.72 Å². The molecule has 0 radical (unpaired) electrons. The van der Waals surface area contributed by atoms with E-state index in [0.29, 0.717) is 11.8 Å². The van der Waals surface area contributed by atoms with Gasteiger partial charge in [-0.1, -0.05) is 13.8 Å². The Kier molecular flexibility index (Phi) is 6.03. The third-order valence-corrected chi connectivity index (χ3v) is 5.97. The maximum atomic E-state index is 12.4. The summed E-state index contributed by atoms with van der Waals surface area (Å²) in [7, 11) is 1.09. The Hall–Kier alpha value is -0.720. The number of likely N-dealkylation sites (tertiary alicyclic amines) is 1. The molecule has 0 aromatic carbocycles. The van der Waals surface area contributed by atoms with Gasteiger partial charge in [-0.3, -0.25) is 0 Å². The number of aromatic nitrogens is 2. The van der Waals surface area contributed by atoms with Crippen LogP contribution in [-0.2, 0) is 17.5 Å². The van der Waals surface area contributed by atoms with E-state index in [1.807, 2.05) is 27.1 Å². The highest BCUT2D eigenvalue weighted by Crippen LogP contribution is 2.24. The maximum absolute atomic E-state index is 12.4. The van der Waals surface area contributed by atoms with Gasteiger partial charge in [0.2, 0.25) is 0 Å². The Balaban J connectivity index is 2.04. The largest absolute Gasteiger partial charge is 0.337 e. The minimum Gasteiger partial charge on any atom is -0.337 e. The van der Waals surface area contributed by atoms with Crippen LogP contribution in [0.15, 0.2) is 12.5 Å². The van der Waals surface area contributed by atoms with Crippen LogP contribution in [0.3, 0.4) is 0 Å². The molecule has 1 N–H and O–H groups in total. The Morgan fingerprint density at radius 2 is 2.13 bits per heavy atom. The van der Waals surface area contributed by atoms with E-state index >= 15 is 0 Å². The summed E-state index contributed by atoms with van der Waals surface area (Å²) < 4.78 is 17.6. The molecule has 3 atom stereocenters. The Morgan fingerprint density at radius 3 is 2.65 bits per heavy atom. The van der Waals surface area contributed by atoms with Crippen molar-refractivity contribution in [1.82, 2.24) is 19.2 Å². The number of hydrogen-bond donors (Lipinski definition) is 1. The van der Waals surface area contributed by atoms with Crippen molar-refractivity contribution in [2.24, 2.45) is 11.8 Å². The van der Waals surface area contributed by atoms with Crippen LogP contribution in [0.4, 0.5) is 0 Å². The standard InChI is InChI=1S/C17H32N4OS/c1-13(2)16(19-23(22)17(3,4)5)15-11-21(12-18-15)10-14-7-8-20(6)9-14/h11-14,16,19H,7-10H2,1-6H3/t14-,16+,23?/m0/s1. The van der Waals surface area contributed by atoms with Gasteiger partial charge in [0.25, 0.3) is 0 Å². The lowest BCUT2D eigenvalue weighted by Gasteiger charge is -2.25. The highest BCUT2D eigenvalue weighted by atomic mass is 32.2. The predicted octanol–water partition coefficient (Wildman–Crippen LogP) is 2.58. The molecule has 1 fully saturated rings. The highest BCUT2D eigenvalue weighted by Gasteiger charge is 2.27. The van der Waals surface area contributed by atoms with Crippen LogP contribution in [-0.4, -0.2) is 43.5 Å². The first-order valence-corrected chi connectivity index (χ1v) is 9.70. The maximum Gasteiger partial charge on any atom is 0.0976 e. The molecule has 1 unspecified atom stereocenters. The number of nitrogens with zero attached hydrogens (tertiary/aromatic N) is 3. The van der Waals surface area contributed by atoms with E-state index in [0.717, 1.165) is 18.8 Å². The average Bonchev–Trinajstić information content (AvgIpc) is 3.04. The molecule has 2 heterocycles. The third-order valence-electron chi connectivity index (χ3n) is 4.39. The molecule has 1 saturated heterocycles. The number of hydrogen-bond acceptors (Lipinski definition) is 3. The molecule has 0 bridgehead atoms. The molecule has 23 heavy (non-hydrogen) atoms. The summed E-state index contributed by atoms with van der Waals surface area (Å²) in [5.74, 6) is 1.04. The first kappa shape index (κ1) is 18.6. The first-order chi connectivity index (χ1) is 10.7. The van der Waals surface area contributed by atoms with Crippen molar-refractivity contribution in [3.05, 3.63) is 18.2 Å². The van der Waals surface area contributed by atoms with Crippen LogP contribution in [0, 0.1) is 11.8 Å². The summed E-state index contributed by atoms with van der Waals surface area (Å²) in [6, 6.07) is 0.0163. The summed E-state index contributed by atoms with van der Waals surface area (Å²) in [4.78, 5) is 6.97. The van der Waals surface area contributed by atoms with E-state index in [1.54, 1.807) is 0 Å². The van der Waals surface area contributed by atoms with Crippen LogP contribution in [0.25, 0.3) is 0 Å². The summed E-state index contributed by atoms with van der Waals surface area (Å²) in [6.45, 7) is 13.6. The van der Waals surface area contributed by atoms with E-state index in [-0.39, 0.29) is 10.8 Å². The van der Waals surface area contributed by atoms with Crippen LogP contribution >= 0.6 is 0 Å². The van der Waals surface area contributed by atoms with Gasteiger partial charge >= 0.3 is 0 Å². The Bertz CT molecular complexity index is 535. The van der Waals surface area contributed by atoms with Crippen molar-refractivity contribution in [1.29, 1.82) is 0 Å². The summed E-state index contributed by atoms with van der Waals surface area (Å²) in [5.41, 5.74) is 0.990. The van der Waals surface area contributed by atoms with Gasteiger partial charge in [0.15, 0.2) is 0 Å². The van der Waals surface area contributed by atoms with Crippen molar-refractivity contribution in [3.63, 3.8) is 0 Å². The number of imidazole rings is 1. The molecule has 0 spiro atoms. The fourth-order valence-corrected chi connectivity index (χ4v) is 3.92. The van der Waals surface area contributed by atoms with Gasteiger partial charge in [-0.2, -0.15) is 0 Å². The van der Waals surface area contributed by atoms with Crippen molar-refractivity contribution in [2.45, 2.75) is 58.4 Å². The zero-order valence-electron chi connectivity index (χ0n) is 15.4. The van der Waals surface area contributed by atoms with Crippen molar-refractivity contribution in [2.75, 3.05) is 20.1 Å². The summed E-state index contributed by atoms with van der Waals surface area (Å²) >= 11 is 0. The van der Waals surface area contributed by atoms with E-state index < -0.39 is 11.0 Å². The van der Waals surface area contributed by atoms with E-state index in [1.165, 1.54) is 13.0 Å². The summed E-state index contributed by atoms with van der Waals surface area (Å²) in [5, 5.41) is 0. The monoisotopic (exact) mass is 340 g/mol. The Labute approximate surface area is 143 Å². The molecule has 0 amide bonds. The molecule has 1 aromatic rings. The highest BCUT2D eigenvalue weighted by molar-refractivity contribution is 7.84. The number of nitrogens with one attached hydrogen (secondary N) is 1. The smallest absolute Gasteiger partial charge is 0.0976 e. The normalized spacial score (nSPS) is 22.7. The SMILES string of the molecule is CC(C)[C@@H](NS(=O)C(C)(C)C)c1cn(C[C@H]2CCN(C)C2)cn1. The molecule has 0 aliphatic carbocycles. The zero-order valence-corrected chi connectivity index (χ0v) is 16.2. The van der Waals surface area contributed by atoms with Crippen LogP contribution in [0.2, 0.25) is 0 Å². The van der Waals surface area contributed by atoms with E-state index in [4.69, 9.17) is 0 Å². The van der Waals surface area contributed by atoms with E-state index in [9.17, 15) is 4.21 Å². The second-order valence-corrected chi connectivity index (χ2v) is 10.1. The average molecular weight is 341 g/mol. The van der Waals surface area contributed by atoms with Gasteiger partial charge in [0, 0.05) is 19.3 Å². The quantitative estimate of drug-likeness (QED) is 0.866. The second-order valence-electron chi connectivity index (χ2n) is 8.13. The molecule has 1 aliphatic rings. The van der Waals surface area contributed by atoms with Crippen LogP contribution in [0.1, 0.15) is 52.8 Å². The van der Waals surface area contributed by atoms with Crippen LogP contribution in [0.5, 0.6) is 0 Å². The molecule has 2 rings (SSSR count). The Morgan fingerprint density at radius 1 is 1.43 bits per heavy atom. The molecule has 6 heteroatoms. The van der Waals surface area contributed by atoms with Gasteiger partial charge in [-0.25, -0.2) is 13.9 Å². The first-order valence-electron chi connectivity index (χ1n) is 8.55.